The summed E-state index contributed by atoms with van der Waals surface area (Å²) in [5.74, 6) is -0.305. The van der Waals surface area contributed by atoms with Gasteiger partial charge in [-0.25, -0.2) is 8.42 Å². The van der Waals surface area contributed by atoms with Crippen LogP contribution in [0.1, 0.15) is 27.0 Å². The average Bonchev–Trinajstić information content (AvgIpc) is 2.86. The van der Waals surface area contributed by atoms with E-state index in [4.69, 9.17) is 0 Å². The molecule has 7 nitrogen and oxygen atoms in total. The summed E-state index contributed by atoms with van der Waals surface area (Å²) in [6, 6.07) is 25.6. The second-order valence-electron chi connectivity index (χ2n) is 8.11. The van der Waals surface area contributed by atoms with Crippen LogP contribution >= 0.6 is 0 Å². The van der Waals surface area contributed by atoms with Gasteiger partial charge >= 0.3 is 0 Å². The summed E-state index contributed by atoms with van der Waals surface area (Å²) >= 11 is 0. The highest BCUT2D eigenvalue weighted by molar-refractivity contribution is 7.92. The second-order valence-corrected chi connectivity index (χ2v) is 9.79. The van der Waals surface area contributed by atoms with Crippen molar-refractivity contribution in [3.8, 4) is 0 Å². The van der Waals surface area contributed by atoms with Crippen LogP contribution in [0.3, 0.4) is 0 Å². The summed E-state index contributed by atoms with van der Waals surface area (Å²) in [7, 11) is -3.77. The molecule has 0 atom stereocenters. The predicted molar refractivity (Wildman–Crippen MR) is 136 cm³/mol. The fourth-order valence-corrected chi connectivity index (χ4v) is 4.64. The number of amides is 1. The van der Waals surface area contributed by atoms with E-state index >= 15 is 0 Å². The van der Waals surface area contributed by atoms with E-state index in [1.54, 1.807) is 29.0 Å². The first kappa shape index (κ1) is 24.0. The van der Waals surface area contributed by atoms with Crippen molar-refractivity contribution in [2.24, 2.45) is 0 Å². The lowest BCUT2D eigenvalue weighted by Crippen LogP contribution is -2.23. The van der Waals surface area contributed by atoms with Gasteiger partial charge in [0.15, 0.2) is 0 Å². The molecule has 8 heteroatoms. The van der Waals surface area contributed by atoms with Crippen LogP contribution in [0.15, 0.2) is 107 Å². The fraction of sp³-hybridized carbons (Fsp3) is 0.111. The van der Waals surface area contributed by atoms with Crippen LogP contribution in [0, 0.1) is 6.92 Å². The minimum atomic E-state index is -3.77. The zero-order valence-corrected chi connectivity index (χ0v) is 20.0. The lowest BCUT2D eigenvalue weighted by Gasteiger charge is -2.11. The molecule has 0 aliphatic rings. The summed E-state index contributed by atoms with van der Waals surface area (Å²) in [6.45, 7) is 2.61. The number of nitrogens with one attached hydrogen (secondary N) is 2. The molecule has 3 aromatic carbocycles. The van der Waals surface area contributed by atoms with Crippen LogP contribution in [-0.2, 0) is 23.1 Å². The maximum atomic E-state index is 12.7. The third-order valence-corrected chi connectivity index (χ3v) is 6.93. The second kappa shape index (κ2) is 10.4. The molecule has 0 spiro atoms. The van der Waals surface area contributed by atoms with E-state index in [-0.39, 0.29) is 16.4 Å². The topological polar surface area (TPSA) is 97.3 Å². The summed E-state index contributed by atoms with van der Waals surface area (Å²) in [4.78, 5) is 24.5. The third kappa shape index (κ3) is 6.04. The Morgan fingerprint density at radius 2 is 1.49 bits per heavy atom. The largest absolute Gasteiger partial charge is 0.348 e. The van der Waals surface area contributed by atoms with Gasteiger partial charge in [0.2, 0.25) is 0 Å². The van der Waals surface area contributed by atoms with E-state index in [2.05, 4.69) is 10.0 Å². The Morgan fingerprint density at radius 3 is 2.17 bits per heavy atom. The molecular weight excluding hydrogens is 462 g/mol. The lowest BCUT2D eigenvalue weighted by molar-refractivity contribution is 0.0951. The molecule has 0 saturated heterocycles. The molecule has 0 unspecified atom stereocenters. The standard InChI is InChI=1S/C27H25N3O4S/c1-20-6-2-3-7-25(20)29-35(33,34)24-15-13-23(14-16-24)27(32)28-18-21-9-11-22(12-10-21)19-30-17-5-4-8-26(30)31/h2-17,29H,18-19H2,1H3,(H,28,32). The first-order valence-electron chi connectivity index (χ1n) is 11.0. The number of pyridine rings is 1. The van der Waals surface area contributed by atoms with Crippen molar-refractivity contribution in [1.82, 2.24) is 9.88 Å². The number of benzene rings is 3. The number of para-hydroxylation sites is 1. The Labute approximate surface area is 204 Å². The van der Waals surface area contributed by atoms with E-state index in [0.29, 0.717) is 24.3 Å². The number of hydrogen-bond acceptors (Lipinski definition) is 4. The number of rotatable bonds is 8. The van der Waals surface area contributed by atoms with Crippen LogP contribution < -0.4 is 15.6 Å². The molecule has 1 aromatic heterocycles. The Bertz CT molecular complexity index is 1490. The molecule has 0 aliphatic carbocycles. The van der Waals surface area contributed by atoms with Crippen LogP contribution in [0.25, 0.3) is 0 Å². The number of aryl methyl sites for hydroxylation is 1. The molecule has 0 aliphatic heterocycles. The molecule has 0 saturated carbocycles. The molecule has 0 fully saturated rings. The maximum absolute atomic E-state index is 12.7. The predicted octanol–water partition coefficient (Wildman–Crippen LogP) is 3.94. The molecule has 0 bridgehead atoms. The van der Waals surface area contributed by atoms with Gasteiger partial charge in [0, 0.05) is 24.4 Å². The maximum Gasteiger partial charge on any atom is 0.261 e. The summed E-state index contributed by atoms with van der Waals surface area (Å²) in [5, 5.41) is 2.84. The van der Waals surface area contributed by atoms with Crippen molar-refractivity contribution in [2.75, 3.05) is 4.72 Å². The van der Waals surface area contributed by atoms with Gasteiger partial charge in [0.1, 0.15) is 0 Å². The van der Waals surface area contributed by atoms with Gasteiger partial charge in [-0.05, 0) is 60.0 Å². The summed E-state index contributed by atoms with van der Waals surface area (Å²) in [6.07, 6.45) is 1.74. The van der Waals surface area contributed by atoms with Gasteiger partial charge in [-0.3, -0.25) is 14.3 Å². The quantitative estimate of drug-likeness (QED) is 0.393. The number of aromatic nitrogens is 1. The van der Waals surface area contributed by atoms with E-state index in [1.165, 1.54) is 30.3 Å². The highest BCUT2D eigenvalue weighted by Gasteiger charge is 2.16. The van der Waals surface area contributed by atoms with Crippen molar-refractivity contribution < 1.29 is 13.2 Å². The van der Waals surface area contributed by atoms with Crippen LogP contribution in [0.4, 0.5) is 5.69 Å². The van der Waals surface area contributed by atoms with Crippen LogP contribution in [0.2, 0.25) is 0 Å². The van der Waals surface area contributed by atoms with Crippen molar-refractivity contribution in [2.45, 2.75) is 24.9 Å². The molecule has 2 N–H and O–H groups in total. The Balaban J connectivity index is 1.35. The minimum Gasteiger partial charge on any atom is -0.348 e. The van der Waals surface area contributed by atoms with Gasteiger partial charge in [-0.15, -0.1) is 0 Å². The normalized spacial score (nSPS) is 11.1. The number of carbonyl (C=O) groups is 1. The van der Waals surface area contributed by atoms with Gasteiger partial charge in [-0.1, -0.05) is 48.5 Å². The van der Waals surface area contributed by atoms with E-state index in [9.17, 15) is 18.0 Å². The zero-order chi connectivity index (χ0) is 24.8. The molecule has 0 radical (unpaired) electrons. The summed E-state index contributed by atoms with van der Waals surface area (Å²) < 4.78 is 29.5. The van der Waals surface area contributed by atoms with Gasteiger partial charge in [0.25, 0.3) is 21.5 Å². The van der Waals surface area contributed by atoms with Gasteiger partial charge in [0.05, 0.1) is 17.1 Å². The van der Waals surface area contributed by atoms with Gasteiger partial charge < -0.3 is 9.88 Å². The first-order chi connectivity index (χ1) is 16.8. The highest BCUT2D eigenvalue weighted by Crippen LogP contribution is 2.19. The van der Waals surface area contributed by atoms with E-state index < -0.39 is 10.0 Å². The Morgan fingerprint density at radius 1 is 0.829 bits per heavy atom. The minimum absolute atomic E-state index is 0.0615. The van der Waals surface area contributed by atoms with Gasteiger partial charge in [-0.2, -0.15) is 0 Å². The smallest absolute Gasteiger partial charge is 0.261 e. The Hall–Kier alpha value is -4.17. The van der Waals surface area contributed by atoms with Crippen molar-refractivity contribution >= 4 is 21.6 Å². The van der Waals surface area contributed by atoms with E-state index in [0.717, 1.165) is 16.7 Å². The number of carbonyl (C=O) groups excluding carboxylic acids is 1. The van der Waals surface area contributed by atoms with E-state index in [1.807, 2.05) is 49.4 Å². The van der Waals surface area contributed by atoms with Crippen molar-refractivity contribution in [1.29, 1.82) is 0 Å². The molecule has 4 rings (SSSR count). The van der Waals surface area contributed by atoms with Crippen molar-refractivity contribution in [3.05, 3.63) is 130 Å². The number of sulfonamides is 1. The zero-order valence-electron chi connectivity index (χ0n) is 19.1. The van der Waals surface area contributed by atoms with Crippen LogP contribution in [-0.4, -0.2) is 18.9 Å². The number of anilines is 1. The molecule has 178 valence electrons. The molecular formula is C27H25N3O4S. The van der Waals surface area contributed by atoms with Crippen molar-refractivity contribution in [3.63, 3.8) is 0 Å². The number of nitrogens with zero attached hydrogens (tertiary/aromatic N) is 1. The fourth-order valence-electron chi connectivity index (χ4n) is 3.51. The first-order valence-corrected chi connectivity index (χ1v) is 12.5. The molecule has 35 heavy (non-hydrogen) atoms. The van der Waals surface area contributed by atoms with Crippen LogP contribution in [0.5, 0.6) is 0 Å². The average molecular weight is 488 g/mol. The molecule has 1 heterocycles. The number of hydrogen-bond donors (Lipinski definition) is 2. The highest BCUT2D eigenvalue weighted by atomic mass is 32.2. The molecule has 1 amide bonds. The molecule has 4 aromatic rings. The lowest BCUT2D eigenvalue weighted by atomic mass is 10.1. The summed E-state index contributed by atoms with van der Waals surface area (Å²) in [5.41, 5.74) is 3.51. The monoisotopic (exact) mass is 487 g/mol. The SMILES string of the molecule is Cc1ccccc1NS(=O)(=O)c1ccc(C(=O)NCc2ccc(Cn3ccccc3=O)cc2)cc1. The Kier molecular flexibility index (Phi) is 7.12. The third-order valence-electron chi connectivity index (χ3n) is 5.54.